The first-order chi connectivity index (χ1) is 13.2. The molecule has 0 aliphatic heterocycles. The first kappa shape index (κ1) is 23.1. The van der Waals surface area contributed by atoms with Crippen LogP contribution in [0.5, 0.6) is 0 Å². The van der Waals surface area contributed by atoms with Crippen LogP contribution in [0, 0.1) is 29.1 Å². The third-order valence-electron chi connectivity index (χ3n) is 7.62. The molecule has 7 atom stereocenters. The minimum atomic E-state index is -0.523. The van der Waals surface area contributed by atoms with Crippen molar-refractivity contribution < 1.29 is 19.4 Å². The molecule has 0 aromatic rings. The van der Waals surface area contributed by atoms with E-state index in [1.807, 2.05) is 25.7 Å². The minimum absolute atomic E-state index is 0.0259. The molecule has 162 valence electrons. The highest BCUT2D eigenvalue weighted by molar-refractivity contribution is 5.79. The van der Waals surface area contributed by atoms with Gasteiger partial charge in [-0.3, -0.25) is 9.59 Å². The van der Waals surface area contributed by atoms with E-state index in [1.54, 1.807) is 0 Å². The van der Waals surface area contributed by atoms with E-state index < -0.39 is 6.10 Å². The maximum atomic E-state index is 12.9. The van der Waals surface area contributed by atoms with Gasteiger partial charge in [-0.05, 0) is 62.7 Å². The van der Waals surface area contributed by atoms with Gasteiger partial charge in [0, 0.05) is 32.2 Å². The summed E-state index contributed by atoms with van der Waals surface area (Å²) in [6.07, 6.45) is 3.30. The van der Waals surface area contributed by atoms with Crippen molar-refractivity contribution >= 4 is 11.8 Å². The van der Waals surface area contributed by atoms with Crippen LogP contribution in [0.15, 0.2) is 0 Å². The molecule has 28 heavy (non-hydrogen) atoms. The minimum Gasteiger partial charge on any atom is -0.392 e. The van der Waals surface area contributed by atoms with Gasteiger partial charge >= 0.3 is 0 Å². The molecule has 2 saturated carbocycles. The molecule has 2 amide bonds. The van der Waals surface area contributed by atoms with Crippen LogP contribution in [0.4, 0.5) is 0 Å². The molecule has 0 heterocycles. The van der Waals surface area contributed by atoms with E-state index in [0.29, 0.717) is 13.1 Å². The number of rotatable bonds is 7. The normalized spacial score (nSPS) is 36.3. The Morgan fingerprint density at radius 2 is 1.86 bits per heavy atom. The number of amides is 2. The molecule has 0 bridgehead atoms. The van der Waals surface area contributed by atoms with Crippen molar-refractivity contribution in [3.05, 3.63) is 0 Å². The maximum Gasteiger partial charge on any atom is 0.246 e. The maximum absolute atomic E-state index is 12.9. The fourth-order valence-electron chi connectivity index (χ4n) is 5.88. The Morgan fingerprint density at radius 3 is 2.43 bits per heavy atom. The van der Waals surface area contributed by atoms with Gasteiger partial charge in [0.1, 0.15) is 6.61 Å². The fourth-order valence-corrected chi connectivity index (χ4v) is 5.88. The number of carbonyl (C=O) groups is 2. The second-order valence-corrected chi connectivity index (χ2v) is 9.18. The molecule has 2 N–H and O–H groups in total. The van der Waals surface area contributed by atoms with Crippen LogP contribution in [-0.2, 0) is 14.3 Å². The van der Waals surface area contributed by atoms with E-state index >= 15 is 0 Å². The number of fused-ring (bicyclic) bond motifs is 1. The number of methoxy groups -OCH3 is 1. The largest absolute Gasteiger partial charge is 0.392 e. The second-order valence-electron chi connectivity index (χ2n) is 9.18. The standard InChI is InChI=1S/C22H40N2O4/c1-7-24(8-2)21(27)14(3)16-9-11-22(5)12-10-17(23-18(25)13-28-6)15(4)19(22)20(16)26/h14-17,19-20,26H,7-13H2,1-6H3,(H,23,25). The van der Waals surface area contributed by atoms with Gasteiger partial charge < -0.3 is 20.1 Å². The molecule has 0 radical (unpaired) electrons. The van der Waals surface area contributed by atoms with E-state index in [0.717, 1.165) is 25.7 Å². The predicted octanol–water partition coefficient (Wildman–Crippen LogP) is 2.45. The zero-order valence-corrected chi connectivity index (χ0v) is 18.5. The summed E-state index contributed by atoms with van der Waals surface area (Å²) in [6, 6.07) is 0.0444. The molecule has 0 saturated heterocycles. The van der Waals surface area contributed by atoms with E-state index in [9.17, 15) is 14.7 Å². The number of carbonyl (C=O) groups excluding carboxylic acids is 2. The Balaban J connectivity index is 2.16. The lowest BCUT2D eigenvalue weighted by Crippen LogP contribution is -2.59. The number of ether oxygens (including phenoxy) is 1. The molecule has 0 aromatic heterocycles. The summed E-state index contributed by atoms with van der Waals surface area (Å²) in [7, 11) is 1.52. The SMILES string of the molecule is CCN(CC)C(=O)C(C)C1CCC2(C)CCC(NC(=O)COC)C(C)C2C1O. The van der Waals surface area contributed by atoms with E-state index in [-0.39, 0.29) is 53.5 Å². The number of nitrogens with zero attached hydrogens (tertiary/aromatic N) is 1. The van der Waals surface area contributed by atoms with E-state index in [4.69, 9.17) is 4.74 Å². The van der Waals surface area contributed by atoms with Crippen molar-refractivity contribution in [2.24, 2.45) is 29.1 Å². The van der Waals surface area contributed by atoms with Crippen molar-refractivity contribution in [2.45, 2.75) is 72.4 Å². The molecule has 7 unspecified atom stereocenters. The summed E-state index contributed by atoms with van der Waals surface area (Å²) in [5.74, 6) is 0.0750. The summed E-state index contributed by atoms with van der Waals surface area (Å²) < 4.78 is 4.94. The van der Waals surface area contributed by atoms with Crippen LogP contribution < -0.4 is 5.32 Å². The van der Waals surface area contributed by atoms with Crippen molar-refractivity contribution in [1.82, 2.24) is 10.2 Å². The molecule has 6 heteroatoms. The quantitative estimate of drug-likeness (QED) is 0.693. The van der Waals surface area contributed by atoms with Gasteiger partial charge in [0.25, 0.3) is 0 Å². The number of aliphatic hydroxyl groups is 1. The zero-order valence-electron chi connectivity index (χ0n) is 18.5. The molecule has 2 fully saturated rings. The molecule has 6 nitrogen and oxygen atoms in total. The zero-order chi connectivity index (χ0) is 21.1. The van der Waals surface area contributed by atoms with Gasteiger partial charge in [-0.1, -0.05) is 20.8 Å². The molecular formula is C22H40N2O4. The number of aliphatic hydroxyl groups excluding tert-OH is 1. The van der Waals surface area contributed by atoms with E-state index in [2.05, 4.69) is 19.2 Å². The van der Waals surface area contributed by atoms with Crippen LogP contribution in [0.1, 0.15) is 60.3 Å². The van der Waals surface area contributed by atoms with Gasteiger partial charge in [0.15, 0.2) is 0 Å². The lowest BCUT2D eigenvalue weighted by molar-refractivity contribution is -0.151. The molecule has 2 rings (SSSR count). The monoisotopic (exact) mass is 396 g/mol. The second kappa shape index (κ2) is 9.57. The number of hydrogen-bond acceptors (Lipinski definition) is 4. The first-order valence-electron chi connectivity index (χ1n) is 10.9. The lowest BCUT2D eigenvalue weighted by atomic mass is 9.51. The van der Waals surface area contributed by atoms with Crippen molar-refractivity contribution in [3.63, 3.8) is 0 Å². The molecular weight excluding hydrogens is 356 g/mol. The highest BCUT2D eigenvalue weighted by atomic mass is 16.5. The molecule has 0 aromatic carbocycles. The van der Waals surface area contributed by atoms with Crippen LogP contribution in [0.2, 0.25) is 0 Å². The van der Waals surface area contributed by atoms with Gasteiger partial charge in [0.05, 0.1) is 6.10 Å². The topological polar surface area (TPSA) is 78.9 Å². The molecule has 2 aliphatic rings. The third kappa shape index (κ3) is 4.54. The Hall–Kier alpha value is -1.14. The Bertz CT molecular complexity index is 551. The summed E-state index contributed by atoms with van der Waals surface area (Å²) in [5, 5.41) is 14.5. The number of hydrogen-bond donors (Lipinski definition) is 2. The highest BCUT2D eigenvalue weighted by Gasteiger charge is 2.54. The first-order valence-corrected chi connectivity index (χ1v) is 10.9. The van der Waals surface area contributed by atoms with Crippen molar-refractivity contribution in [3.8, 4) is 0 Å². The summed E-state index contributed by atoms with van der Waals surface area (Å²) in [4.78, 5) is 26.8. The Labute approximate surface area is 170 Å². The smallest absolute Gasteiger partial charge is 0.246 e. The van der Waals surface area contributed by atoms with Crippen LogP contribution in [0.25, 0.3) is 0 Å². The van der Waals surface area contributed by atoms with Gasteiger partial charge in [-0.2, -0.15) is 0 Å². The summed E-state index contributed by atoms with van der Waals surface area (Å²) in [5.41, 5.74) is 0.0653. The fraction of sp³-hybridized carbons (Fsp3) is 0.909. The average molecular weight is 397 g/mol. The predicted molar refractivity (Wildman–Crippen MR) is 110 cm³/mol. The third-order valence-corrected chi connectivity index (χ3v) is 7.62. The average Bonchev–Trinajstić information content (AvgIpc) is 2.65. The highest BCUT2D eigenvalue weighted by Crippen LogP contribution is 2.55. The Kier molecular flexibility index (Phi) is 7.91. The summed E-state index contributed by atoms with van der Waals surface area (Å²) in [6.45, 7) is 11.9. The lowest BCUT2D eigenvalue weighted by Gasteiger charge is -2.56. The van der Waals surface area contributed by atoms with Gasteiger partial charge in [0.2, 0.25) is 11.8 Å². The summed E-state index contributed by atoms with van der Waals surface area (Å²) >= 11 is 0. The van der Waals surface area contributed by atoms with Gasteiger partial charge in [-0.25, -0.2) is 0 Å². The Morgan fingerprint density at radius 1 is 1.25 bits per heavy atom. The van der Waals surface area contributed by atoms with E-state index in [1.165, 1.54) is 7.11 Å². The number of nitrogens with one attached hydrogen (secondary N) is 1. The van der Waals surface area contributed by atoms with Crippen molar-refractivity contribution in [1.29, 1.82) is 0 Å². The van der Waals surface area contributed by atoms with Crippen LogP contribution in [-0.4, -0.2) is 60.8 Å². The van der Waals surface area contributed by atoms with Crippen LogP contribution >= 0.6 is 0 Å². The van der Waals surface area contributed by atoms with Gasteiger partial charge in [-0.15, -0.1) is 0 Å². The molecule has 0 spiro atoms. The molecule has 2 aliphatic carbocycles. The van der Waals surface area contributed by atoms with Crippen molar-refractivity contribution in [2.75, 3.05) is 26.8 Å². The van der Waals surface area contributed by atoms with Crippen LogP contribution in [0.3, 0.4) is 0 Å².